The van der Waals surface area contributed by atoms with E-state index in [0.29, 0.717) is 16.8 Å². The highest BCUT2D eigenvalue weighted by Crippen LogP contribution is 2.34. The number of hydrogen-bond donors (Lipinski definition) is 2. The molecule has 0 fully saturated rings. The average Bonchev–Trinajstić information content (AvgIpc) is 2.63. The number of pyridine rings is 2. The Labute approximate surface area is 152 Å². The molecule has 0 aliphatic carbocycles. The Hall–Kier alpha value is -3.62. The number of amides is 2. The number of ether oxygens (including phenoxy) is 1. The molecular weight excluding hydrogens is 361 g/mol. The van der Waals surface area contributed by atoms with Crippen LogP contribution in [0, 0.1) is 0 Å². The standard InChI is InChI=1S/C18H13F3N4O2/c19-18(20,21)27-16-4-3-12(13-2-1-7-23-11-13)10-15(16)25-17(26)24-14-5-8-22-9-6-14/h1-11H,(H2,22,24,25,26). The minimum absolute atomic E-state index is 0.139. The topological polar surface area (TPSA) is 76.1 Å². The number of nitrogens with one attached hydrogen (secondary N) is 2. The summed E-state index contributed by atoms with van der Waals surface area (Å²) in [6.45, 7) is 0. The molecule has 0 atom stereocenters. The molecule has 0 unspecified atom stereocenters. The molecule has 2 N–H and O–H groups in total. The molecule has 0 aliphatic rings. The van der Waals surface area contributed by atoms with Gasteiger partial charge in [-0.25, -0.2) is 4.79 Å². The van der Waals surface area contributed by atoms with E-state index < -0.39 is 18.1 Å². The Morgan fingerprint density at radius 3 is 2.37 bits per heavy atom. The summed E-state index contributed by atoms with van der Waals surface area (Å²) in [5.74, 6) is -0.528. The van der Waals surface area contributed by atoms with Crippen molar-refractivity contribution in [2.75, 3.05) is 10.6 Å². The van der Waals surface area contributed by atoms with Gasteiger partial charge in [0.05, 0.1) is 5.69 Å². The largest absolute Gasteiger partial charge is 0.573 e. The molecule has 0 saturated heterocycles. The lowest BCUT2D eigenvalue weighted by Crippen LogP contribution is -2.22. The number of alkyl halides is 3. The highest BCUT2D eigenvalue weighted by atomic mass is 19.4. The number of aromatic nitrogens is 2. The summed E-state index contributed by atoms with van der Waals surface area (Å²) >= 11 is 0. The summed E-state index contributed by atoms with van der Waals surface area (Å²) < 4.78 is 42.0. The third-order valence-corrected chi connectivity index (χ3v) is 3.39. The van der Waals surface area contributed by atoms with Crippen LogP contribution in [-0.2, 0) is 0 Å². The summed E-state index contributed by atoms with van der Waals surface area (Å²) in [5.41, 5.74) is 1.54. The predicted octanol–water partition coefficient (Wildman–Crippen LogP) is 4.69. The molecule has 2 amide bonds. The Morgan fingerprint density at radius 1 is 0.926 bits per heavy atom. The van der Waals surface area contributed by atoms with Gasteiger partial charge in [-0.2, -0.15) is 0 Å². The molecule has 0 bridgehead atoms. The van der Waals surface area contributed by atoms with Gasteiger partial charge in [0, 0.05) is 36.0 Å². The number of carbonyl (C=O) groups is 1. The third-order valence-electron chi connectivity index (χ3n) is 3.39. The second-order valence-corrected chi connectivity index (χ2v) is 5.32. The molecule has 3 aromatic rings. The Balaban J connectivity index is 1.88. The fourth-order valence-corrected chi connectivity index (χ4v) is 2.27. The molecule has 0 aliphatic heterocycles. The lowest BCUT2D eigenvalue weighted by atomic mass is 10.1. The van der Waals surface area contributed by atoms with Gasteiger partial charge in [-0.05, 0) is 35.9 Å². The predicted molar refractivity (Wildman–Crippen MR) is 93.2 cm³/mol. The van der Waals surface area contributed by atoms with E-state index in [1.165, 1.54) is 24.5 Å². The van der Waals surface area contributed by atoms with Gasteiger partial charge in [0.1, 0.15) is 0 Å². The zero-order chi connectivity index (χ0) is 19.3. The molecule has 27 heavy (non-hydrogen) atoms. The van der Waals surface area contributed by atoms with E-state index in [1.807, 2.05) is 0 Å². The molecule has 0 radical (unpaired) electrons. The summed E-state index contributed by atoms with van der Waals surface area (Å²) in [4.78, 5) is 19.9. The van der Waals surface area contributed by atoms with Crippen LogP contribution in [0.2, 0.25) is 0 Å². The highest BCUT2D eigenvalue weighted by molar-refractivity contribution is 6.01. The lowest BCUT2D eigenvalue weighted by molar-refractivity contribution is -0.274. The SMILES string of the molecule is O=C(Nc1ccncc1)Nc1cc(-c2cccnc2)ccc1OC(F)(F)F. The smallest absolute Gasteiger partial charge is 0.404 e. The van der Waals surface area contributed by atoms with Crippen molar-refractivity contribution < 1.29 is 22.7 Å². The van der Waals surface area contributed by atoms with Crippen molar-refractivity contribution in [1.82, 2.24) is 9.97 Å². The quantitative estimate of drug-likeness (QED) is 0.695. The summed E-state index contributed by atoms with van der Waals surface area (Å²) in [5, 5.41) is 4.88. The highest BCUT2D eigenvalue weighted by Gasteiger charge is 2.32. The van der Waals surface area contributed by atoms with Gasteiger partial charge in [-0.3, -0.25) is 9.97 Å². The number of halogens is 3. The van der Waals surface area contributed by atoms with E-state index in [-0.39, 0.29) is 5.69 Å². The lowest BCUT2D eigenvalue weighted by Gasteiger charge is -2.16. The number of nitrogens with zero attached hydrogens (tertiary/aromatic N) is 2. The van der Waals surface area contributed by atoms with E-state index >= 15 is 0 Å². The van der Waals surface area contributed by atoms with Crippen LogP contribution in [0.25, 0.3) is 11.1 Å². The second kappa shape index (κ2) is 7.73. The van der Waals surface area contributed by atoms with Gasteiger partial charge in [0.15, 0.2) is 5.75 Å². The van der Waals surface area contributed by atoms with Crippen LogP contribution in [0.4, 0.5) is 29.3 Å². The van der Waals surface area contributed by atoms with Crippen molar-refractivity contribution in [3.63, 3.8) is 0 Å². The van der Waals surface area contributed by atoms with E-state index in [1.54, 1.807) is 36.7 Å². The fraction of sp³-hybridized carbons (Fsp3) is 0.0556. The number of hydrogen-bond acceptors (Lipinski definition) is 4. The first-order valence-corrected chi connectivity index (χ1v) is 7.69. The molecule has 0 saturated carbocycles. The molecular formula is C18H13F3N4O2. The van der Waals surface area contributed by atoms with E-state index in [0.717, 1.165) is 6.07 Å². The Kier molecular flexibility index (Phi) is 5.20. The first-order chi connectivity index (χ1) is 12.9. The fourth-order valence-electron chi connectivity index (χ4n) is 2.27. The van der Waals surface area contributed by atoms with Crippen LogP contribution in [0.1, 0.15) is 0 Å². The van der Waals surface area contributed by atoms with Crippen molar-refractivity contribution >= 4 is 17.4 Å². The van der Waals surface area contributed by atoms with Crippen LogP contribution >= 0.6 is 0 Å². The zero-order valence-electron chi connectivity index (χ0n) is 13.7. The van der Waals surface area contributed by atoms with Crippen LogP contribution in [0.5, 0.6) is 5.75 Å². The minimum Gasteiger partial charge on any atom is -0.404 e. The van der Waals surface area contributed by atoms with Crippen molar-refractivity contribution in [3.8, 4) is 16.9 Å². The molecule has 6 nitrogen and oxygen atoms in total. The third kappa shape index (κ3) is 5.18. The zero-order valence-corrected chi connectivity index (χ0v) is 13.7. The molecule has 1 aromatic carbocycles. The van der Waals surface area contributed by atoms with Gasteiger partial charge in [-0.1, -0.05) is 12.1 Å². The van der Waals surface area contributed by atoms with Crippen LogP contribution in [0.3, 0.4) is 0 Å². The average molecular weight is 374 g/mol. The molecule has 138 valence electrons. The van der Waals surface area contributed by atoms with E-state index in [2.05, 4.69) is 25.3 Å². The monoisotopic (exact) mass is 374 g/mol. The first kappa shape index (κ1) is 18.2. The van der Waals surface area contributed by atoms with Crippen LogP contribution < -0.4 is 15.4 Å². The van der Waals surface area contributed by atoms with Gasteiger partial charge in [0.2, 0.25) is 0 Å². The van der Waals surface area contributed by atoms with Crippen LogP contribution in [-0.4, -0.2) is 22.4 Å². The molecule has 0 spiro atoms. The van der Waals surface area contributed by atoms with Crippen LogP contribution in [0.15, 0.2) is 67.3 Å². The minimum atomic E-state index is -4.90. The summed E-state index contributed by atoms with van der Waals surface area (Å²) in [7, 11) is 0. The van der Waals surface area contributed by atoms with E-state index in [9.17, 15) is 18.0 Å². The van der Waals surface area contributed by atoms with Gasteiger partial charge >= 0.3 is 12.4 Å². The molecule has 3 rings (SSSR count). The maximum absolute atomic E-state index is 12.7. The van der Waals surface area contributed by atoms with Gasteiger partial charge in [0.25, 0.3) is 0 Å². The maximum atomic E-state index is 12.7. The van der Waals surface area contributed by atoms with E-state index in [4.69, 9.17) is 0 Å². The first-order valence-electron chi connectivity index (χ1n) is 7.69. The van der Waals surface area contributed by atoms with Crippen molar-refractivity contribution in [2.24, 2.45) is 0 Å². The number of rotatable bonds is 4. The van der Waals surface area contributed by atoms with Crippen molar-refractivity contribution in [1.29, 1.82) is 0 Å². The number of anilines is 2. The number of carbonyl (C=O) groups excluding carboxylic acids is 1. The maximum Gasteiger partial charge on any atom is 0.573 e. The van der Waals surface area contributed by atoms with Gasteiger partial charge in [-0.15, -0.1) is 13.2 Å². The molecule has 2 heterocycles. The summed E-state index contributed by atoms with van der Waals surface area (Å²) in [6, 6.07) is 9.76. The van der Waals surface area contributed by atoms with Gasteiger partial charge < -0.3 is 15.4 Å². The Bertz CT molecular complexity index is 919. The Morgan fingerprint density at radius 2 is 1.70 bits per heavy atom. The molecule has 9 heteroatoms. The summed E-state index contributed by atoms with van der Waals surface area (Å²) in [6.07, 6.45) is 1.17. The van der Waals surface area contributed by atoms with Crippen molar-refractivity contribution in [3.05, 3.63) is 67.3 Å². The molecule has 2 aromatic heterocycles. The normalized spacial score (nSPS) is 10.9. The second-order valence-electron chi connectivity index (χ2n) is 5.32. The number of urea groups is 1. The van der Waals surface area contributed by atoms with Crippen molar-refractivity contribution in [2.45, 2.75) is 6.36 Å². The number of benzene rings is 1.